The molecule has 0 radical (unpaired) electrons. The van der Waals surface area contributed by atoms with Crippen molar-refractivity contribution in [2.75, 3.05) is 0 Å². The molecule has 1 heterocycles. The fourth-order valence-electron chi connectivity index (χ4n) is 2.60. The van der Waals surface area contributed by atoms with Crippen molar-refractivity contribution in [1.29, 1.82) is 5.26 Å². The number of fused-ring (bicyclic) bond motifs is 1. The predicted molar refractivity (Wildman–Crippen MR) is 97.9 cm³/mol. The Balaban J connectivity index is 1.90. The van der Waals surface area contributed by atoms with Gasteiger partial charge in [0.25, 0.3) is 0 Å². The van der Waals surface area contributed by atoms with Gasteiger partial charge < -0.3 is 0 Å². The number of hydrogen-bond acceptors (Lipinski definition) is 4. The lowest BCUT2D eigenvalue weighted by Gasteiger charge is -2.03. The van der Waals surface area contributed by atoms with Crippen LogP contribution in [0.5, 0.6) is 0 Å². The van der Waals surface area contributed by atoms with Gasteiger partial charge in [0, 0.05) is 5.56 Å². The molecule has 0 bridgehead atoms. The maximum atomic E-state index is 12.6. The number of carbonyl (C=O) groups is 1. The van der Waals surface area contributed by atoms with Crippen LogP contribution in [0.4, 0.5) is 0 Å². The quantitative estimate of drug-likeness (QED) is 0.396. The zero-order valence-corrected chi connectivity index (χ0v) is 13.9. The molecule has 4 nitrogen and oxygen atoms in total. The molecule has 0 aliphatic carbocycles. The molecule has 1 aromatic heterocycles. The zero-order chi connectivity index (χ0) is 17.6. The van der Waals surface area contributed by atoms with Gasteiger partial charge in [0.15, 0.2) is 0 Å². The Hall–Kier alpha value is -3.32. The average molecular weight is 327 g/mol. The molecule has 0 atom stereocenters. The molecule has 122 valence electrons. The minimum Gasteiger partial charge on any atom is -0.288 e. The second kappa shape index (κ2) is 7.50. The number of benzene rings is 2. The number of nitriles is 1. The minimum atomic E-state index is -0.305. The molecular weight excluding hydrogens is 310 g/mol. The molecule has 3 rings (SSSR count). The van der Waals surface area contributed by atoms with Crippen molar-refractivity contribution < 1.29 is 4.79 Å². The van der Waals surface area contributed by atoms with Gasteiger partial charge >= 0.3 is 0 Å². The van der Waals surface area contributed by atoms with Crippen LogP contribution in [0.3, 0.4) is 0 Å². The molecule has 25 heavy (non-hydrogen) atoms. The summed E-state index contributed by atoms with van der Waals surface area (Å²) in [5.74, 6) is -0.305. The molecule has 3 aromatic rings. The van der Waals surface area contributed by atoms with Crippen LogP contribution in [0.15, 0.2) is 60.3 Å². The zero-order valence-electron chi connectivity index (χ0n) is 13.9. The van der Waals surface area contributed by atoms with Crippen LogP contribution in [0.1, 0.15) is 35.0 Å². The van der Waals surface area contributed by atoms with E-state index in [0.717, 1.165) is 23.9 Å². The molecule has 0 amide bonds. The average Bonchev–Trinajstić information content (AvgIpc) is 2.66. The van der Waals surface area contributed by atoms with Crippen molar-refractivity contribution in [2.24, 2.45) is 0 Å². The van der Waals surface area contributed by atoms with Gasteiger partial charge in [-0.3, -0.25) is 9.78 Å². The first-order valence-electron chi connectivity index (χ1n) is 8.18. The van der Waals surface area contributed by atoms with E-state index < -0.39 is 0 Å². The predicted octanol–water partition coefficient (Wildman–Crippen LogP) is 4.37. The first-order valence-corrected chi connectivity index (χ1v) is 8.18. The first kappa shape index (κ1) is 16.5. The molecule has 0 saturated heterocycles. The van der Waals surface area contributed by atoms with Gasteiger partial charge in [0.2, 0.25) is 5.78 Å². The van der Waals surface area contributed by atoms with Crippen molar-refractivity contribution >= 4 is 22.9 Å². The number of aromatic nitrogens is 2. The van der Waals surface area contributed by atoms with E-state index in [-0.39, 0.29) is 11.4 Å². The van der Waals surface area contributed by atoms with Crippen molar-refractivity contribution in [3.8, 4) is 6.07 Å². The van der Waals surface area contributed by atoms with E-state index in [2.05, 4.69) is 16.9 Å². The third kappa shape index (κ3) is 3.78. The number of allylic oxidation sites excluding steroid dienone is 1. The number of para-hydroxylation sites is 2. The number of rotatable bonds is 5. The summed E-state index contributed by atoms with van der Waals surface area (Å²) in [6.07, 6.45) is 5.08. The smallest absolute Gasteiger partial charge is 0.203 e. The largest absolute Gasteiger partial charge is 0.288 e. The van der Waals surface area contributed by atoms with Gasteiger partial charge in [-0.05, 0) is 30.2 Å². The van der Waals surface area contributed by atoms with Gasteiger partial charge in [0.05, 0.1) is 22.9 Å². The van der Waals surface area contributed by atoms with Crippen molar-refractivity contribution in [3.63, 3.8) is 0 Å². The summed E-state index contributed by atoms with van der Waals surface area (Å²) in [4.78, 5) is 21.3. The number of aryl methyl sites for hydroxylation is 1. The molecule has 4 heteroatoms. The summed E-state index contributed by atoms with van der Waals surface area (Å²) in [6, 6.07) is 16.9. The van der Waals surface area contributed by atoms with E-state index in [1.807, 2.05) is 42.5 Å². The van der Waals surface area contributed by atoms with Crippen LogP contribution in [0.25, 0.3) is 17.1 Å². The first-order chi connectivity index (χ1) is 12.2. The van der Waals surface area contributed by atoms with Gasteiger partial charge in [0.1, 0.15) is 11.6 Å². The summed E-state index contributed by atoms with van der Waals surface area (Å²) in [6.45, 7) is 2.11. The highest BCUT2D eigenvalue weighted by molar-refractivity contribution is 6.13. The number of ketones is 1. The Bertz CT molecular complexity index is 982. The summed E-state index contributed by atoms with van der Waals surface area (Å²) in [7, 11) is 0. The highest BCUT2D eigenvalue weighted by Crippen LogP contribution is 2.15. The maximum absolute atomic E-state index is 12.6. The second-order valence-corrected chi connectivity index (χ2v) is 5.73. The summed E-state index contributed by atoms with van der Waals surface area (Å²) in [5, 5.41) is 9.38. The van der Waals surface area contributed by atoms with Crippen LogP contribution in [-0.4, -0.2) is 15.8 Å². The number of nitrogens with zero attached hydrogens (tertiary/aromatic N) is 3. The van der Waals surface area contributed by atoms with E-state index in [1.54, 1.807) is 18.3 Å². The lowest BCUT2D eigenvalue weighted by Crippen LogP contribution is -2.02. The minimum absolute atomic E-state index is 0.0489. The molecule has 0 unspecified atom stereocenters. The lowest BCUT2D eigenvalue weighted by atomic mass is 10.0. The van der Waals surface area contributed by atoms with Crippen molar-refractivity contribution in [2.45, 2.75) is 19.8 Å². The molecule has 0 fully saturated rings. The third-order valence-electron chi connectivity index (χ3n) is 3.88. The molecule has 0 saturated carbocycles. The van der Waals surface area contributed by atoms with Crippen LogP contribution in [-0.2, 0) is 6.42 Å². The Morgan fingerprint density at radius 1 is 1.12 bits per heavy atom. The second-order valence-electron chi connectivity index (χ2n) is 5.73. The third-order valence-corrected chi connectivity index (χ3v) is 3.88. The molecule has 0 aliphatic heterocycles. The number of carbonyl (C=O) groups excluding carboxylic acids is 1. The van der Waals surface area contributed by atoms with Gasteiger partial charge in [-0.1, -0.05) is 49.7 Å². The standard InChI is InChI=1S/C21H17N3O/c1-2-5-15-8-10-16(11-9-15)21(25)17(13-22)12-18-14-23-19-6-3-4-7-20(19)24-18/h3-4,6-12,14H,2,5H2,1H3/b17-12+. The van der Waals surface area contributed by atoms with E-state index in [0.29, 0.717) is 11.3 Å². The van der Waals surface area contributed by atoms with Crippen LogP contribution in [0.2, 0.25) is 0 Å². The van der Waals surface area contributed by atoms with Gasteiger partial charge in [-0.25, -0.2) is 4.98 Å². The number of Topliss-reactive ketones (excluding diaryl/α,β-unsaturated/α-hetero) is 1. The van der Waals surface area contributed by atoms with Gasteiger partial charge in [-0.15, -0.1) is 0 Å². The van der Waals surface area contributed by atoms with E-state index in [4.69, 9.17) is 0 Å². The Labute approximate surface area is 146 Å². The summed E-state index contributed by atoms with van der Waals surface area (Å²) < 4.78 is 0. The van der Waals surface area contributed by atoms with Crippen LogP contribution >= 0.6 is 0 Å². The SMILES string of the molecule is CCCc1ccc(C(=O)/C(C#N)=C/c2cnc3ccccc3n2)cc1. The fraction of sp³-hybridized carbons (Fsp3) is 0.143. The highest BCUT2D eigenvalue weighted by atomic mass is 16.1. The van der Waals surface area contributed by atoms with Crippen LogP contribution in [0, 0.1) is 11.3 Å². The molecule has 0 N–H and O–H groups in total. The summed E-state index contributed by atoms with van der Waals surface area (Å²) in [5.41, 5.74) is 3.73. The van der Waals surface area contributed by atoms with E-state index in [9.17, 15) is 10.1 Å². The lowest BCUT2D eigenvalue weighted by molar-refractivity contribution is 0.104. The molecule has 0 aliphatic rings. The van der Waals surface area contributed by atoms with E-state index >= 15 is 0 Å². The van der Waals surface area contributed by atoms with Crippen molar-refractivity contribution in [1.82, 2.24) is 9.97 Å². The molecule has 0 spiro atoms. The van der Waals surface area contributed by atoms with E-state index in [1.165, 1.54) is 11.6 Å². The molecule has 2 aromatic carbocycles. The Kier molecular flexibility index (Phi) is 4.96. The Morgan fingerprint density at radius 2 is 1.84 bits per heavy atom. The normalized spacial score (nSPS) is 11.3. The van der Waals surface area contributed by atoms with Crippen molar-refractivity contribution in [3.05, 3.63) is 77.1 Å². The highest BCUT2D eigenvalue weighted by Gasteiger charge is 2.12. The fourth-order valence-corrected chi connectivity index (χ4v) is 2.60. The monoisotopic (exact) mass is 327 g/mol. The molecular formula is C21H17N3O. The maximum Gasteiger partial charge on any atom is 0.203 e. The summed E-state index contributed by atoms with van der Waals surface area (Å²) >= 11 is 0. The topological polar surface area (TPSA) is 66.6 Å². The number of hydrogen-bond donors (Lipinski definition) is 0. The van der Waals surface area contributed by atoms with Crippen LogP contribution < -0.4 is 0 Å². The Morgan fingerprint density at radius 3 is 2.52 bits per heavy atom. The van der Waals surface area contributed by atoms with Gasteiger partial charge in [-0.2, -0.15) is 5.26 Å².